The summed E-state index contributed by atoms with van der Waals surface area (Å²) in [6.45, 7) is 6.90. The van der Waals surface area contributed by atoms with Crippen LogP contribution in [0.2, 0.25) is 0 Å². The highest BCUT2D eigenvalue weighted by molar-refractivity contribution is 7.13. The molecule has 25 heavy (non-hydrogen) atoms. The molecule has 2 rings (SSSR count). The molecule has 132 valence electrons. The van der Waals surface area contributed by atoms with Gasteiger partial charge in [0.05, 0.1) is 0 Å². The number of carbonyl (C=O) groups excluding carboxylic acids is 1. The molecule has 0 unspecified atom stereocenters. The summed E-state index contributed by atoms with van der Waals surface area (Å²) >= 11 is 1.32. The predicted octanol–water partition coefficient (Wildman–Crippen LogP) is 3.61. The van der Waals surface area contributed by atoms with Crippen LogP contribution in [-0.4, -0.2) is 34.2 Å². The van der Waals surface area contributed by atoms with Crippen molar-refractivity contribution in [2.45, 2.75) is 19.4 Å². The number of nitrogens with one attached hydrogen (secondary N) is 1. The van der Waals surface area contributed by atoms with Gasteiger partial charge in [0, 0.05) is 23.8 Å². The average Bonchev–Trinajstić information content (AvgIpc) is 3.06. The second-order valence-electron chi connectivity index (χ2n) is 5.58. The van der Waals surface area contributed by atoms with E-state index in [4.69, 9.17) is 9.84 Å². The number of carboxylic acid groups (broad SMARTS) is 1. The molecule has 0 saturated heterocycles. The number of hydrogen-bond donors (Lipinski definition) is 2. The summed E-state index contributed by atoms with van der Waals surface area (Å²) in [6.07, 6.45) is 3.22. The van der Waals surface area contributed by atoms with Gasteiger partial charge in [-0.3, -0.25) is 10.2 Å². The zero-order valence-electron chi connectivity index (χ0n) is 13.9. The standard InChI is InChI=1S/C17H19N3O4S/c1-4-10-20(16(23)19-15-18-9-11-25-15)12-5-7-13(8-6-12)24-17(2,3)14(21)22/h4-9,11H,1,10H2,2-3H3,(H,21,22)(H,18,19,23). The molecule has 0 bridgehead atoms. The number of amides is 2. The number of thiazole rings is 1. The summed E-state index contributed by atoms with van der Waals surface area (Å²) in [4.78, 5) is 29.1. The summed E-state index contributed by atoms with van der Waals surface area (Å²) in [5, 5.41) is 14.1. The third kappa shape index (κ3) is 4.80. The topological polar surface area (TPSA) is 91.8 Å². The van der Waals surface area contributed by atoms with Crippen LogP contribution in [0.4, 0.5) is 15.6 Å². The van der Waals surface area contributed by atoms with Gasteiger partial charge in [-0.25, -0.2) is 14.6 Å². The Kier molecular flexibility index (Phi) is 5.76. The van der Waals surface area contributed by atoms with E-state index in [0.717, 1.165) is 0 Å². The van der Waals surface area contributed by atoms with E-state index < -0.39 is 11.6 Å². The van der Waals surface area contributed by atoms with E-state index in [2.05, 4.69) is 16.9 Å². The Balaban J connectivity index is 2.14. The highest BCUT2D eigenvalue weighted by Crippen LogP contribution is 2.24. The first kappa shape index (κ1) is 18.5. The molecule has 2 aromatic rings. The first-order chi connectivity index (χ1) is 11.8. The van der Waals surface area contributed by atoms with Gasteiger partial charge in [0.15, 0.2) is 10.7 Å². The lowest BCUT2D eigenvalue weighted by Crippen LogP contribution is -2.38. The Morgan fingerprint density at radius 2 is 2.08 bits per heavy atom. The lowest BCUT2D eigenvalue weighted by Gasteiger charge is -2.23. The molecule has 1 heterocycles. The maximum Gasteiger partial charge on any atom is 0.347 e. The van der Waals surface area contributed by atoms with Crippen LogP contribution in [0.3, 0.4) is 0 Å². The number of ether oxygens (including phenoxy) is 1. The van der Waals surface area contributed by atoms with Gasteiger partial charge in [-0.05, 0) is 38.1 Å². The van der Waals surface area contributed by atoms with Crippen molar-refractivity contribution in [1.29, 1.82) is 0 Å². The minimum absolute atomic E-state index is 0.304. The van der Waals surface area contributed by atoms with E-state index in [9.17, 15) is 9.59 Å². The van der Waals surface area contributed by atoms with Gasteiger partial charge < -0.3 is 9.84 Å². The molecule has 2 amide bonds. The number of rotatable bonds is 7. The molecule has 1 aromatic heterocycles. The van der Waals surface area contributed by atoms with Crippen molar-refractivity contribution in [2.24, 2.45) is 0 Å². The molecule has 0 atom stereocenters. The van der Waals surface area contributed by atoms with Gasteiger partial charge in [0.1, 0.15) is 5.75 Å². The Morgan fingerprint density at radius 3 is 2.60 bits per heavy atom. The fourth-order valence-corrected chi connectivity index (χ4v) is 2.43. The number of carbonyl (C=O) groups is 2. The third-order valence-corrected chi connectivity index (χ3v) is 3.93. The van der Waals surface area contributed by atoms with Crippen molar-refractivity contribution in [3.63, 3.8) is 0 Å². The lowest BCUT2D eigenvalue weighted by atomic mass is 10.1. The summed E-state index contributed by atoms with van der Waals surface area (Å²) in [6, 6.07) is 6.25. The number of benzene rings is 1. The quantitative estimate of drug-likeness (QED) is 0.735. The van der Waals surface area contributed by atoms with E-state index in [0.29, 0.717) is 23.1 Å². The zero-order valence-corrected chi connectivity index (χ0v) is 14.7. The molecule has 0 radical (unpaired) electrons. The molecule has 8 heteroatoms. The Morgan fingerprint density at radius 1 is 1.40 bits per heavy atom. The molecule has 0 spiro atoms. The molecule has 0 aliphatic rings. The largest absolute Gasteiger partial charge is 0.478 e. The highest BCUT2D eigenvalue weighted by atomic mass is 32.1. The first-order valence-electron chi connectivity index (χ1n) is 7.45. The molecule has 0 aliphatic heterocycles. The van der Waals surface area contributed by atoms with E-state index >= 15 is 0 Å². The van der Waals surface area contributed by atoms with Gasteiger partial charge >= 0.3 is 12.0 Å². The molecular formula is C17H19N3O4S. The van der Waals surface area contributed by atoms with E-state index in [1.165, 1.54) is 30.1 Å². The minimum atomic E-state index is -1.34. The molecule has 1 aromatic carbocycles. The number of urea groups is 1. The van der Waals surface area contributed by atoms with Gasteiger partial charge in [-0.1, -0.05) is 6.08 Å². The first-order valence-corrected chi connectivity index (χ1v) is 8.33. The fourth-order valence-electron chi connectivity index (χ4n) is 1.91. The van der Waals surface area contributed by atoms with Gasteiger partial charge in [-0.2, -0.15) is 0 Å². The normalized spacial score (nSPS) is 10.8. The number of carboxylic acids is 1. The maximum absolute atomic E-state index is 12.4. The van der Waals surface area contributed by atoms with Crippen LogP contribution in [0, 0.1) is 0 Å². The van der Waals surface area contributed by atoms with Crippen molar-refractivity contribution in [3.05, 3.63) is 48.5 Å². The molecule has 0 saturated carbocycles. The SMILES string of the molecule is C=CCN(C(=O)Nc1nccs1)c1ccc(OC(C)(C)C(=O)O)cc1. The second-order valence-corrected chi connectivity index (χ2v) is 6.47. The van der Waals surface area contributed by atoms with E-state index in [1.54, 1.807) is 41.9 Å². The number of aromatic nitrogens is 1. The van der Waals surface area contributed by atoms with Crippen LogP contribution in [0.25, 0.3) is 0 Å². The number of nitrogens with zero attached hydrogens (tertiary/aromatic N) is 2. The van der Waals surface area contributed by atoms with Crippen molar-refractivity contribution in [2.75, 3.05) is 16.8 Å². The molecular weight excluding hydrogens is 342 g/mol. The molecule has 2 N–H and O–H groups in total. The van der Waals surface area contributed by atoms with Crippen molar-refractivity contribution >= 4 is 34.2 Å². The fraction of sp³-hybridized carbons (Fsp3) is 0.235. The zero-order chi connectivity index (χ0) is 18.4. The van der Waals surface area contributed by atoms with Gasteiger partial charge in [0.2, 0.25) is 0 Å². The Hall–Kier alpha value is -2.87. The maximum atomic E-state index is 12.4. The molecule has 0 aliphatic carbocycles. The minimum Gasteiger partial charge on any atom is -0.478 e. The molecule has 7 nitrogen and oxygen atoms in total. The van der Waals surface area contributed by atoms with Crippen LogP contribution < -0.4 is 15.0 Å². The Bertz CT molecular complexity index is 742. The number of hydrogen-bond acceptors (Lipinski definition) is 5. The molecule has 0 fully saturated rings. The third-order valence-electron chi connectivity index (χ3n) is 3.24. The number of aliphatic carboxylic acids is 1. The summed E-state index contributed by atoms with van der Waals surface area (Å²) in [7, 11) is 0. The summed E-state index contributed by atoms with van der Waals surface area (Å²) < 4.78 is 5.46. The van der Waals surface area contributed by atoms with Crippen molar-refractivity contribution < 1.29 is 19.4 Å². The van der Waals surface area contributed by atoms with Crippen LogP contribution in [0.1, 0.15) is 13.8 Å². The van der Waals surface area contributed by atoms with E-state index in [1.807, 2.05) is 0 Å². The summed E-state index contributed by atoms with van der Waals surface area (Å²) in [5.41, 5.74) is -0.723. The van der Waals surface area contributed by atoms with E-state index in [-0.39, 0.29) is 6.03 Å². The summed E-state index contributed by atoms with van der Waals surface area (Å²) in [5.74, 6) is -0.664. The van der Waals surface area contributed by atoms with Crippen molar-refractivity contribution in [3.8, 4) is 5.75 Å². The van der Waals surface area contributed by atoms with Gasteiger partial charge in [0.25, 0.3) is 0 Å². The average molecular weight is 361 g/mol. The second kappa shape index (κ2) is 7.80. The van der Waals surface area contributed by atoms with Crippen LogP contribution >= 0.6 is 11.3 Å². The number of anilines is 2. The highest BCUT2D eigenvalue weighted by Gasteiger charge is 2.29. The van der Waals surface area contributed by atoms with Crippen LogP contribution in [0.15, 0.2) is 48.5 Å². The van der Waals surface area contributed by atoms with Crippen LogP contribution in [-0.2, 0) is 4.79 Å². The monoisotopic (exact) mass is 361 g/mol. The van der Waals surface area contributed by atoms with Gasteiger partial charge in [-0.15, -0.1) is 17.9 Å². The van der Waals surface area contributed by atoms with Crippen LogP contribution in [0.5, 0.6) is 5.75 Å². The smallest absolute Gasteiger partial charge is 0.347 e. The Labute approximate surface area is 149 Å². The predicted molar refractivity (Wildman–Crippen MR) is 97.5 cm³/mol. The lowest BCUT2D eigenvalue weighted by molar-refractivity contribution is -0.152. The van der Waals surface area contributed by atoms with Crippen molar-refractivity contribution in [1.82, 2.24) is 4.98 Å².